The van der Waals surface area contributed by atoms with E-state index in [1.807, 2.05) is 0 Å². The Bertz CT molecular complexity index is 554. The van der Waals surface area contributed by atoms with Gasteiger partial charge in [-0.1, -0.05) is 0 Å². The molecule has 6 nitrogen and oxygen atoms in total. The first-order chi connectivity index (χ1) is 8.63. The smallest absolute Gasteiger partial charge is 0.224 e. The topological polar surface area (TPSA) is 90.1 Å². The quantitative estimate of drug-likeness (QED) is 0.803. The van der Waals surface area contributed by atoms with Crippen LogP contribution >= 0.6 is 0 Å². The van der Waals surface area contributed by atoms with Gasteiger partial charge < -0.3 is 15.8 Å². The fourth-order valence-corrected chi connectivity index (χ4v) is 1.30. The van der Waals surface area contributed by atoms with Gasteiger partial charge in [0, 0.05) is 18.7 Å². The van der Waals surface area contributed by atoms with Gasteiger partial charge in [0.25, 0.3) is 0 Å². The van der Waals surface area contributed by atoms with Crippen molar-refractivity contribution in [1.82, 2.24) is 9.97 Å². The highest BCUT2D eigenvalue weighted by Crippen LogP contribution is 2.21. The lowest BCUT2D eigenvalue weighted by atomic mass is 10.3. The molecule has 0 saturated heterocycles. The van der Waals surface area contributed by atoms with E-state index >= 15 is 0 Å². The van der Waals surface area contributed by atoms with Crippen LogP contribution < -0.4 is 15.8 Å². The molecular weight excluding hydrogens is 232 g/mol. The molecule has 2 rings (SSSR count). The first-order valence-corrected chi connectivity index (χ1v) is 5.26. The fourth-order valence-electron chi connectivity index (χ4n) is 1.30. The summed E-state index contributed by atoms with van der Waals surface area (Å²) in [5, 5.41) is 2.55. The highest BCUT2D eigenvalue weighted by atomic mass is 16.5. The Kier molecular flexibility index (Phi) is 3.38. The summed E-state index contributed by atoms with van der Waals surface area (Å²) in [6.45, 7) is 1.41. The maximum atomic E-state index is 10.9. The Hall–Kier alpha value is -2.63. The van der Waals surface area contributed by atoms with E-state index in [1.165, 1.54) is 19.3 Å². The first-order valence-electron chi connectivity index (χ1n) is 5.26. The molecule has 2 aromatic rings. The van der Waals surface area contributed by atoms with Gasteiger partial charge in [0.05, 0.1) is 0 Å². The minimum Gasteiger partial charge on any atom is -0.439 e. The lowest BCUT2D eigenvalue weighted by Gasteiger charge is -2.06. The van der Waals surface area contributed by atoms with Crippen LogP contribution in [-0.2, 0) is 4.79 Å². The van der Waals surface area contributed by atoms with Crippen molar-refractivity contribution in [2.24, 2.45) is 0 Å². The summed E-state index contributed by atoms with van der Waals surface area (Å²) < 4.78 is 5.50. The van der Waals surface area contributed by atoms with E-state index < -0.39 is 0 Å². The van der Waals surface area contributed by atoms with Crippen LogP contribution in [0.4, 0.5) is 11.5 Å². The normalized spacial score (nSPS) is 9.83. The van der Waals surface area contributed by atoms with E-state index in [4.69, 9.17) is 10.5 Å². The first kappa shape index (κ1) is 11.8. The number of nitrogens with zero attached hydrogens (tertiary/aromatic N) is 2. The van der Waals surface area contributed by atoms with Gasteiger partial charge in [-0.25, -0.2) is 9.97 Å². The van der Waals surface area contributed by atoms with Crippen LogP contribution in [0.1, 0.15) is 6.92 Å². The third-order valence-electron chi connectivity index (χ3n) is 2.05. The van der Waals surface area contributed by atoms with Crippen molar-refractivity contribution in [3.63, 3.8) is 0 Å². The van der Waals surface area contributed by atoms with E-state index in [2.05, 4.69) is 15.3 Å². The second kappa shape index (κ2) is 5.13. The third-order valence-corrected chi connectivity index (χ3v) is 2.05. The number of benzene rings is 1. The highest BCUT2D eigenvalue weighted by Gasteiger charge is 2.02. The Balaban J connectivity index is 2.13. The van der Waals surface area contributed by atoms with Gasteiger partial charge in [0.15, 0.2) is 0 Å². The minimum absolute atomic E-state index is 0.202. The number of nitrogens with two attached hydrogens (primary N) is 1. The van der Waals surface area contributed by atoms with Crippen LogP contribution in [0, 0.1) is 0 Å². The molecule has 0 aliphatic carbocycles. The molecule has 1 aromatic heterocycles. The van der Waals surface area contributed by atoms with Gasteiger partial charge in [0.2, 0.25) is 11.8 Å². The molecular formula is C12H12N4O2. The zero-order valence-electron chi connectivity index (χ0n) is 9.75. The number of nitrogen functional groups attached to an aromatic ring is 1. The largest absolute Gasteiger partial charge is 0.439 e. The molecule has 0 spiro atoms. The summed E-state index contributed by atoms with van der Waals surface area (Å²) in [5.41, 5.74) is 6.23. The van der Waals surface area contributed by atoms with E-state index in [-0.39, 0.29) is 5.91 Å². The average molecular weight is 244 g/mol. The van der Waals surface area contributed by atoms with Gasteiger partial charge in [-0.3, -0.25) is 4.79 Å². The number of ether oxygens (including phenoxy) is 1. The van der Waals surface area contributed by atoms with Crippen molar-refractivity contribution in [2.45, 2.75) is 6.92 Å². The molecule has 0 saturated carbocycles. The number of carbonyl (C=O) groups is 1. The molecule has 0 atom stereocenters. The Morgan fingerprint density at radius 3 is 2.67 bits per heavy atom. The molecule has 0 radical (unpaired) electrons. The average Bonchev–Trinajstić information content (AvgIpc) is 2.32. The summed E-state index contributed by atoms with van der Waals surface area (Å²) >= 11 is 0. The highest BCUT2D eigenvalue weighted by molar-refractivity contribution is 5.87. The van der Waals surface area contributed by atoms with Gasteiger partial charge in [0.1, 0.15) is 17.9 Å². The van der Waals surface area contributed by atoms with Crippen molar-refractivity contribution in [3.8, 4) is 11.6 Å². The number of hydrogen-bond acceptors (Lipinski definition) is 5. The summed E-state index contributed by atoms with van der Waals surface area (Å²) in [4.78, 5) is 18.7. The Labute approximate surface area is 104 Å². The summed E-state index contributed by atoms with van der Waals surface area (Å²) in [6, 6.07) is 8.46. The second-order valence-corrected chi connectivity index (χ2v) is 3.59. The molecule has 0 fully saturated rings. The standard InChI is InChI=1S/C12H12N4O2/c1-8(17)16-11-6-12(15-7-14-11)18-10-4-2-9(13)3-5-10/h2-7H,13H2,1H3,(H,14,15,16,17). The minimum atomic E-state index is -0.202. The van der Waals surface area contributed by atoms with Gasteiger partial charge in [-0.05, 0) is 24.3 Å². The third kappa shape index (κ3) is 3.18. The molecule has 0 aliphatic heterocycles. The number of nitrogens with one attached hydrogen (secondary N) is 1. The molecule has 92 valence electrons. The number of anilines is 2. The number of aromatic nitrogens is 2. The molecule has 18 heavy (non-hydrogen) atoms. The van der Waals surface area contributed by atoms with Gasteiger partial charge in [-0.2, -0.15) is 0 Å². The molecule has 1 aromatic carbocycles. The van der Waals surface area contributed by atoms with Gasteiger partial charge >= 0.3 is 0 Å². The monoisotopic (exact) mass is 244 g/mol. The van der Waals surface area contributed by atoms with Crippen LogP contribution in [0.2, 0.25) is 0 Å². The fraction of sp³-hybridized carbons (Fsp3) is 0.0833. The predicted molar refractivity (Wildman–Crippen MR) is 67.3 cm³/mol. The van der Waals surface area contributed by atoms with Crippen LogP contribution in [-0.4, -0.2) is 15.9 Å². The Morgan fingerprint density at radius 1 is 1.28 bits per heavy atom. The zero-order chi connectivity index (χ0) is 13.0. The van der Waals surface area contributed by atoms with Gasteiger partial charge in [-0.15, -0.1) is 0 Å². The van der Waals surface area contributed by atoms with Crippen LogP contribution in [0.15, 0.2) is 36.7 Å². The molecule has 0 bridgehead atoms. The van der Waals surface area contributed by atoms with E-state index in [0.717, 1.165) is 0 Å². The van der Waals surface area contributed by atoms with E-state index in [0.29, 0.717) is 23.1 Å². The van der Waals surface area contributed by atoms with Crippen molar-refractivity contribution >= 4 is 17.4 Å². The van der Waals surface area contributed by atoms with Crippen LogP contribution in [0.3, 0.4) is 0 Å². The van der Waals surface area contributed by atoms with Crippen molar-refractivity contribution in [2.75, 3.05) is 11.1 Å². The number of hydrogen-bond donors (Lipinski definition) is 2. The molecule has 3 N–H and O–H groups in total. The van der Waals surface area contributed by atoms with Crippen molar-refractivity contribution < 1.29 is 9.53 Å². The summed E-state index contributed by atoms with van der Waals surface area (Å²) in [5.74, 6) is 1.14. The number of carbonyl (C=O) groups excluding carboxylic acids is 1. The maximum Gasteiger partial charge on any atom is 0.224 e. The predicted octanol–water partition coefficient (Wildman–Crippen LogP) is 1.81. The maximum absolute atomic E-state index is 10.9. The summed E-state index contributed by atoms with van der Waals surface area (Å²) in [7, 11) is 0. The molecule has 6 heteroatoms. The number of amides is 1. The molecule has 1 amide bonds. The number of rotatable bonds is 3. The van der Waals surface area contributed by atoms with E-state index in [1.54, 1.807) is 24.3 Å². The SMILES string of the molecule is CC(=O)Nc1cc(Oc2ccc(N)cc2)ncn1. The molecule has 0 aliphatic rings. The van der Waals surface area contributed by atoms with Crippen LogP contribution in [0.5, 0.6) is 11.6 Å². The lowest BCUT2D eigenvalue weighted by molar-refractivity contribution is -0.114. The summed E-state index contributed by atoms with van der Waals surface area (Å²) in [6.07, 6.45) is 1.32. The van der Waals surface area contributed by atoms with Crippen LogP contribution in [0.25, 0.3) is 0 Å². The van der Waals surface area contributed by atoms with Crippen molar-refractivity contribution in [3.05, 3.63) is 36.7 Å². The second-order valence-electron chi connectivity index (χ2n) is 3.59. The molecule has 1 heterocycles. The van der Waals surface area contributed by atoms with Crippen molar-refractivity contribution in [1.29, 1.82) is 0 Å². The lowest BCUT2D eigenvalue weighted by Crippen LogP contribution is -2.07. The van der Waals surface area contributed by atoms with E-state index in [9.17, 15) is 4.79 Å². The Morgan fingerprint density at radius 2 is 2.00 bits per heavy atom. The zero-order valence-corrected chi connectivity index (χ0v) is 9.75. The molecule has 0 unspecified atom stereocenters.